The Bertz CT molecular complexity index is 310. The molecule has 2 amide bonds. The maximum atomic E-state index is 12.0. The van der Waals surface area contributed by atoms with Gasteiger partial charge in [-0.3, -0.25) is 4.79 Å². The van der Waals surface area contributed by atoms with Gasteiger partial charge in [-0.15, -0.1) is 0 Å². The number of carboxylic acid groups (broad SMARTS) is 1. The number of urea groups is 1. The van der Waals surface area contributed by atoms with E-state index in [1.807, 2.05) is 19.9 Å². The minimum absolute atomic E-state index is 0.0568. The van der Waals surface area contributed by atoms with Gasteiger partial charge in [-0.05, 0) is 20.8 Å². The molecule has 0 aromatic heterocycles. The minimum atomic E-state index is -1.04. The Morgan fingerprint density at radius 2 is 2.00 bits per heavy atom. The van der Waals surface area contributed by atoms with Crippen LogP contribution in [0.25, 0.3) is 0 Å². The van der Waals surface area contributed by atoms with Gasteiger partial charge in [-0.2, -0.15) is 5.26 Å². The van der Waals surface area contributed by atoms with E-state index in [2.05, 4.69) is 0 Å². The molecule has 0 spiro atoms. The average molecular weight is 241 g/mol. The fourth-order valence-corrected chi connectivity index (χ4v) is 1.40. The Morgan fingerprint density at radius 1 is 1.41 bits per heavy atom. The molecular weight excluding hydrogens is 222 g/mol. The molecule has 0 radical (unpaired) electrons. The molecular formula is C11H19N3O3. The van der Waals surface area contributed by atoms with Gasteiger partial charge in [0.05, 0.1) is 12.5 Å². The highest BCUT2D eigenvalue weighted by Crippen LogP contribution is 2.05. The summed E-state index contributed by atoms with van der Waals surface area (Å²) in [7, 11) is 0. The molecule has 0 aromatic rings. The smallest absolute Gasteiger partial charge is 0.323 e. The molecule has 17 heavy (non-hydrogen) atoms. The lowest BCUT2D eigenvalue weighted by Gasteiger charge is -2.31. The zero-order chi connectivity index (χ0) is 13.4. The summed E-state index contributed by atoms with van der Waals surface area (Å²) in [6, 6.07) is 1.59. The van der Waals surface area contributed by atoms with Gasteiger partial charge in [0, 0.05) is 19.1 Å². The molecule has 6 heteroatoms. The summed E-state index contributed by atoms with van der Waals surface area (Å²) < 4.78 is 0. The summed E-state index contributed by atoms with van der Waals surface area (Å²) in [5.74, 6) is -1.04. The number of rotatable bonds is 6. The number of nitriles is 1. The maximum absolute atomic E-state index is 12.0. The molecule has 0 fully saturated rings. The number of carboxylic acids is 1. The first-order chi connectivity index (χ1) is 7.93. The SMILES string of the molecule is CCN(CC(=O)O)C(=O)N(CCC#N)C(C)C. The van der Waals surface area contributed by atoms with Gasteiger partial charge in [-0.1, -0.05) is 0 Å². The van der Waals surface area contributed by atoms with Crippen LogP contribution in [-0.2, 0) is 4.79 Å². The number of carbonyl (C=O) groups excluding carboxylic acids is 1. The Morgan fingerprint density at radius 3 is 2.35 bits per heavy atom. The van der Waals surface area contributed by atoms with Crippen molar-refractivity contribution in [3.05, 3.63) is 0 Å². The lowest BCUT2D eigenvalue weighted by molar-refractivity contribution is -0.137. The normalized spacial score (nSPS) is 9.82. The van der Waals surface area contributed by atoms with Crippen molar-refractivity contribution in [3.63, 3.8) is 0 Å². The van der Waals surface area contributed by atoms with Crippen LogP contribution in [0.2, 0.25) is 0 Å². The van der Waals surface area contributed by atoms with E-state index in [9.17, 15) is 9.59 Å². The molecule has 0 bridgehead atoms. The molecule has 0 rings (SSSR count). The van der Waals surface area contributed by atoms with E-state index in [1.165, 1.54) is 9.80 Å². The summed E-state index contributed by atoms with van der Waals surface area (Å²) >= 11 is 0. The zero-order valence-electron chi connectivity index (χ0n) is 10.5. The molecule has 1 N–H and O–H groups in total. The highest BCUT2D eigenvalue weighted by molar-refractivity contribution is 5.80. The van der Waals surface area contributed by atoms with Gasteiger partial charge in [0.1, 0.15) is 6.54 Å². The second kappa shape index (κ2) is 7.49. The molecule has 96 valence electrons. The van der Waals surface area contributed by atoms with Gasteiger partial charge in [-0.25, -0.2) is 4.79 Å². The predicted octanol–water partition coefficient (Wildman–Crippen LogP) is 1.14. The van der Waals surface area contributed by atoms with Crippen LogP contribution < -0.4 is 0 Å². The van der Waals surface area contributed by atoms with Gasteiger partial charge in [0.2, 0.25) is 0 Å². The molecule has 0 saturated carbocycles. The molecule has 0 aliphatic heterocycles. The largest absolute Gasteiger partial charge is 0.480 e. The van der Waals surface area contributed by atoms with Crippen molar-refractivity contribution in [2.45, 2.75) is 33.2 Å². The van der Waals surface area contributed by atoms with E-state index in [0.717, 1.165) is 0 Å². The minimum Gasteiger partial charge on any atom is -0.480 e. The number of nitrogens with zero attached hydrogens (tertiary/aromatic N) is 3. The topological polar surface area (TPSA) is 84.6 Å². The number of likely N-dealkylation sites (N-methyl/N-ethyl adjacent to an activating group) is 1. The van der Waals surface area contributed by atoms with Gasteiger partial charge >= 0.3 is 12.0 Å². The fourth-order valence-electron chi connectivity index (χ4n) is 1.40. The van der Waals surface area contributed by atoms with Crippen molar-refractivity contribution in [2.75, 3.05) is 19.6 Å². The van der Waals surface area contributed by atoms with Crippen LogP contribution in [0.3, 0.4) is 0 Å². The zero-order valence-corrected chi connectivity index (χ0v) is 10.5. The van der Waals surface area contributed by atoms with E-state index in [1.54, 1.807) is 6.92 Å². The highest BCUT2D eigenvalue weighted by atomic mass is 16.4. The predicted molar refractivity (Wildman–Crippen MR) is 62.4 cm³/mol. The highest BCUT2D eigenvalue weighted by Gasteiger charge is 2.23. The number of amides is 2. The summed E-state index contributed by atoms with van der Waals surface area (Å²) in [6.45, 7) is 5.74. The van der Waals surface area contributed by atoms with Crippen LogP contribution >= 0.6 is 0 Å². The van der Waals surface area contributed by atoms with Crippen molar-refractivity contribution in [1.29, 1.82) is 5.26 Å². The lowest BCUT2D eigenvalue weighted by atomic mass is 10.3. The van der Waals surface area contributed by atoms with Crippen LogP contribution in [0, 0.1) is 11.3 Å². The first-order valence-corrected chi connectivity index (χ1v) is 5.58. The third kappa shape index (κ3) is 5.20. The van der Waals surface area contributed by atoms with Gasteiger partial charge in [0.15, 0.2) is 0 Å². The molecule has 0 aliphatic rings. The van der Waals surface area contributed by atoms with E-state index in [4.69, 9.17) is 10.4 Å². The van der Waals surface area contributed by atoms with Crippen molar-refractivity contribution in [3.8, 4) is 6.07 Å². The molecule has 6 nitrogen and oxygen atoms in total. The Labute approximate surface area is 101 Å². The quantitative estimate of drug-likeness (QED) is 0.755. The summed E-state index contributed by atoms with van der Waals surface area (Å²) in [4.78, 5) is 25.4. The molecule has 0 aromatic carbocycles. The van der Waals surface area contributed by atoms with Gasteiger partial charge in [0.25, 0.3) is 0 Å². The van der Waals surface area contributed by atoms with Crippen molar-refractivity contribution in [2.24, 2.45) is 0 Å². The second-order valence-corrected chi connectivity index (χ2v) is 3.89. The Balaban J connectivity index is 4.67. The van der Waals surface area contributed by atoms with Crippen molar-refractivity contribution < 1.29 is 14.7 Å². The average Bonchev–Trinajstić information content (AvgIpc) is 2.25. The van der Waals surface area contributed by atoms with E-state index < -0.39 is 5.97 Å². The van der Waals surface area contributed by atoms with Crippen LogP contribution in [-0.4, -0.2) is 52.6 Å². The van der Waals surface area contributed by atoms with E-state index >= 15 is 0 Å². The standard InChI is InChI=1S/C11H19N3O3/c1-4-13(8-10(15)16)11(17)14(9(2)3)7-5-6-12/h9H,4-5,7-8H2,1-3H3,(H,15,16). The van der Waals surface area contributed by atoms with Crippen LogP contribution in [0.15, 0.2) is 0 Å². The molecule has 0 aliphatic carbocycles. The molecule has 0 atom stereocenters. The number of aliphatic carboxylic acids is 1. The van der Waals surface area contributed by atoms with E-state index in [-0.39, 0.29) is 25.0 Å². The first-order valence-electron chi connectivity index (χ1n) is 5.58. The number of carbonyl (C=O) groups is 2. The fraction of sp³-hybridized carbons (Fsp3) is 0.727. The third-order valence-corrected chi connectivity index (χ3v) is 2.31. The number of hydrogen-bond acceptors (Lipinski definition) is 3. The summed E-state index contributed by atoms with van der Waals surface area (Å²) in [5, 5.41) is 17.2. The molecule has 0 unspecified atom stereocenters. The maximum Gasteiger partial charge on any atom is 0.323 e. The number of hydrogen-bond donors (Lipinski definition) is 1. The van der Waals surface area contributed by atoms with Crippen LogP contribution in [0.5, 0.6) is 0 Å². The van der Waals surface area contributed by atoms with E-state index in [0.29, 0.717) is 13.1 Å². The summed E-state index contributed by atoms with van der Waals surface area (Å²) in [6.07, 6.45) is 0.245. The van der Waals surface area contributed by atoms with Crippen molar-refractivity contribution in [1.82, 2.24) is 9.80 Å². The monoisotopic (exact) mass is 241 g/mol. The Hall–Kier alpha value is -1.77. The third-order valence-electron chi connectivity index (χ3n) is 2.31. The van der Waals surface area contributed by atoms with Gasteiger partial charge < -0.3 is 14.9 Å². The second-order valence-electron chi connectivity index (χ2n) is 3.89. The first kappa shape index (κ1) is 15.2. The molecule has 0 saturated heterocycles. The summed E-state index contributed by atoms with van der Waals surface area (Å²) in [5.41, 5.74) is 0. The van der Waals surface area contributed by atoms with Crippen LogP contribution in [0.1, 0.15) is 27.2 Å². The van der Waals surface area contributed by atoms with Crippen LogP contribution in [0.4, 0.5) is 4.79 Å². The van der Waals surface area contributed by atoms with Crippen molar-refractivity contribution >= 4 is 12.0 Å². The Kier molecular flexibility index (Phi) is 6.71. The molecule has 0 heterocycles. The lowest BCUT2D eigenvalue weighted by Crippen LogP contribution is -2.48.